The van der Waals surface area contributed by atoms with Crippen LogP contribution in [-0.2, 0) is 16.0 Å². The third kappa shape index (κ3) is 4.42. The number of nitrogens with zero attached hydrogens (tertiary/aromatic N) is 2. The topological polar surface area (TPSA) is 52.7 Å². The molecule has 0 unspecified atom stereocenters. The van der Waals surface area contributed by atoms with Gasteiger partial charge in [-0.1, -0.05) is 24.3 Å². The van der Waals surface area contributed by atoms with Crippen molar-refractivity contribution in [2.75, 3.05) is 36.4 Å². The molecule has 2 aromatic rings. The van der Waals surface area contributed by atoms with Crippen molar-refractivity contribution < 1.29 is 9.59 Å². The van der Waals surface area contributed by atoms with E-state index < -0.39 is 0 Å². The van der Waals surface area contributed by atoms with E-state index in [2.05, 4.69) is 10.2 Å². The van der Waals surface area contributed by atoms with Gasteiger partial charge in [-0.2, -0.15) is 0 Å². The molecule has 1 fully saturated rings. The van der Waals surface area contributed by atoms with Gasteiger partial charge in [0.25, 0.3) is 0 Å². The third-order valence-corrected chi connectivity index (χ3v) is 4.85. The summed E-state index contributed by atoms with van der Waals surface area (Å²) >= 11 is 0. The summed E-state index contributed by atoms with van der Waals surface area (Å²) in [5.41, 5.74) is 4.09. The Morgan fingerprint density at radius 3 is 2.23 bits per heavy atom. The van der Waals surface area contributed by atoms with Crippen molar-refractivity contribution in [1.29, 1.82) is 0 Å². The maximum Gasteiger partial charge on any atom is 0.228 e. The molecule has 1 N–H and O–H groups in total. The van der Waals surface area contributed by atoms with E-state index in [-0.39, 0.29) is 11.8 Å². The SMILES string of the molecule is CC(=O)N1CCN(c2ccc(NC(=O)Cc3ccccc3C)cc2)CC1. The Morgan fingerprint density at radius 1 is 0.962 bits per heavy atom. The second-order valence-electron chi connectivity index (χ2n) is 6.69. The van der Waals surface area contributed by atoms with Crippen LogP contribution in [0.5, 0.6) is 0 Å². The molecular weight excluding hydrogens is 326 g/mol. The first-order valence-corrected chi connectivity index (χ1v) is 8.98. The Kier molecular flexibility index (Phi) is 5.56. The van der Waals surface area contributed by atoms with Crippen LogP contribution < -0.4 is 10.2 Å². The zero-order valence-corrected chi connectivity index (χ0v) is 15.4. The molecule has 2 aromatic carbocycles. The van der Waals surface area contributed by atoms with Gasteiger partial charge in [0, 0.05) is 44.5 Å². The van der Waals surface area contributed by atoms with Gasteiger partial charge < -0.3 is 15.1 Å². The molecule has 3 rings (SSSR count). The van der Waals surface area contributed by atoms with Crippen molar-refractivity contribution in [3.05, 3.63) is 59.7 Å². The lowest BCUT2D eigenvalue weighted by atomic mass is 10.1. The summed E-state index contributed by atoms with van der Waals surface area (Å²) < 4.78 is 0. The Labute approximate surface area is 154 Å². The number of rotatable bonds is 4. The number of hydrogen-bond acceptors (Lipinski definition) is 3. The van der Waals surface area contributed by atoms with Crippen LogP contribution in [0.25, 0.3) is 0 Å². The molecule has 1 aliphatic rings. The number of aryl methyl sites for hydroxylation is 1. The quantitative estimate of drug-likeness (QED) is 0.922. The van der Waals surface area contributed by atoms with Gasteiger partial charge in [0.2, 0.25) is 11.8 Å². The lowest BCUT2D eigenvalue weighted by molar-refractivity contribution is -0.129. The highest BCUT2D eigenvalue weighted by Crippen LogP contribution is 2.20. The van der Waals surface area contributed by atoms with E-state index in [0.29, 0.717) is 6.42 Å². The Hall–Kier alpha value is -2.82. The van der Waals surface area contributed by atoms with Crippen LogP contribution in [0, 0.1) is 6.92 Å². The van der Waals surface area contributed by atoms with Gasteiger partial charge >= 0.3 is 0 Å². The molecule has 136 valence electrons. The molecule has 5 heteroatoms. The molecule has 1 aliphatic heterocycles. The van der Waals surface area contributed by atoms with E-state index in [4.69, 9.17) is 0 Å². The summed E-state index contributed by atoms with van der Waals surface area (Å²) in [4.78, 5) is 27.8. The maximum absolute atomic E-state index is 12.3. The van der Waals surface area contributed by atoms with E-state index in [1.807, 2.05) is 60.4 Å². The minimum atomic E-state index is -0.0119. The molecule has 0 atom stereocenters. The molecular formula is C21H25N3O2. The van der Waals surface area contributed by atoms with Crippen molar-refractivity contribution in [3.8, 4) is 0 Å². The summed E-state index contributed by atoms with van der Waals surface area (Å²) in [5, 5.41) is 2.96. The first-order valence-electron chi connectivity index (χ1n) is 8.98. The maximum atomic E-state index is 12.3. The molecule has 5 nitrogen and oxygen atoms in total. The summed E-state index contributed by atoms with van der Waals surface area (Å²) in [7, 11) is 0. The predicted octanol–water partition coefficient (Wildman–Crippen LogP) is 2.84. The second kappa shape index (κ2) is 8.04. The van der Waals surface area contributed by atoms with Gasteiger partial charge in [-0.3, -0.25) is 9.59 Å². The number of nitrogens with one attached hydrogen (secondary N) is 1. The number of benzene rings is 2. The summed E-state index contributed by atoms with van der Waals surface area (Å²) in [6.45, 7) is 6.80. The van der Waals surface area contributed by atoms with Crippen molar-refractivity contribution in [1.82, 2.24) is 4.90 Å². The Bertz CT molecular complexity index is 778. The largest absolute Gasteiger partial charge is 0.368 e. The highest BCUT2D eigenvalue weighted by molar-refractivity contribution is 5.92. The van der Waals surface area contributed by atoms with Crippen molar-refractivity contribution in [2.45, 2.75) is 20.3 Å². The summed E-state index contributed by atoms with van der Waals surface area (Å²) in [6.07, 6.45) is 0.376. The fourth-order valence-electron chi connectivity index (χ4n) is 3.22. The predicted molar refractivity (Wildman–Crippen MR) is 104 cm³/mol. The zero-order chi connectivity index (χ0) is 18.5. The summed E-state index contributed by atoms with van der Waals surface area (Å²) in [5.74, 6) is 0.124. The van der Waals surface area contributed by atoms with E-state index in [1.54, 1.807) is 6.92 Å². The second-order valence-corrected chi connectivity index (χ2v) is 6.69. The number of amides is 2. The minimum absolute atomic E-state index is 0.0119. The van der Waals surface area contributed by atoms with Crippen LogP contribution in [-0.4, -0.2) is 42.9 Å². The molecule has 26 heavy (non-hydrogen) atoms. The number of anilines is 2. The minimum Gasteiger partial charge on any atom is -0.368 e. The van der Waals surface area contributed by atoms with Crippen LogP contribution in [0.4, 0.5) is 11.4 Å². The standard InChI is InChI=1S/C21H25N3O2/c1-16-5-3-4-6-18(16)15-21(26)22-19-7-9-20(10-8-19)24-13-11-23(12-14-24)17(2)25/h3-10H,11-15H2,1-2H3,(H,22,26). The average Bonchev–Trinajstić information content (AvgIpc) is 2.64. The Morgan fingerprint density at radius 2 is 1.62 bits per heavy atom. The van der Waals surface area contributed by atoms with Gasteiger partial charge in [0.1, 0.15) is 0 Å². The van der Waals surface area contributed by atoms with Crippen LogP contribution in [0.1, 0.15) is 18.1 Å². The van der Waals surface area contributed by atoms with Gasteiger partial charge in [-0.05, 0) is 42.3 Å². The van der Waals surface area contributed by atoms with Crippen LogP contribution in [0.3, 0.4) is 0 Å². The van der Waals surface area contributed by atoms with Crippen LogP contribution >= 0.6 is 0 Å². The number of carbonyl (C=O) groups is 2. The zero-order valence-electron chi connectivity index (χ0n) is 15.4. The fourth-order valence-corrected chi connectivity index (χ4v) is 3.22. The van der Waals surface area contributed by atoms with Gasteiger partial charge in [-0.25, -0.2) is 0 Å². The molecule has 1 saturated heterocycles. The molecule has 2 amide bonds. The van der Waals surface area contributed by atoms with E-state index in [0.717, 1.165) is 48.7 Å². The monoisotopic (exact) mass is 351 g/mol. The van der Waals surface area contributed by atoms with Gasteiger partial charge in [0.05, 0.1) is 6.42 Å². The smallest absolute Gasteiger partial charge is 0.228 e. The first kappa shape index (κ1) is 18.0. The normalized spacial score (nSPS) is 14.2. The molecule has 0 bridgehead atoms. The lowest BCUT2D eigenvalue weighted by Gasteiger charge is -2.35. The highest BCUT2D eigenvalue weighted by Gasteiger charge is 2.18. The van der Waals surface area contributed by atoms with E-state index in [9.17, 15) is 9.59 Å². The molecule has 0 aliphatic carbocycles. The fraction of sp³-hybridized carbons (Fsp3) is 0.333. The number of hydrogen-bond donors (Lipinski definition) is 1. The Balaban J connectivity index is 1.55. The highest BCUT2D eigenvalue weighted by atomic mass is 16.2. The molecule has 1 heterocycles. The molecule has 0 aromatic heterocycles. The van der Waals surface area contributed by atoms with Crippen LogP contribution in [0.2, 0.25) is 0 Å². The van der Waals surface area contributed by atoms with Crippen molar-refractivity contribution in [3.63, 3.8) is 0 Å². The van der Waals surface area contributed by atoms with E-state index in [1.165, 1.54) is 0 Å². The third-order valence-electron chi connectivity index (χ3n) is 4.85. The molecule has 0 saturated carbocycles. The van der Waals surface area contributed by atoms with E-state index >= 15 is 0 Å². The molecule has 0 spiro atoms. The lowest BCUT2D eigenvalue weighted by Crippen LogP contribution is -2.48. The van der Waals surface area contributed by atoms with Crippen molar-refractivity contribution >= 4 is 23.2 Å². The number of piperazine rings is 1. The molecule has 0 radical (unpaired) electrons. The summed E-state index contributed by atoms with van der Waals surface area (Å²) in [6, 6.07) is 15.8. The van der Waals surface area contributed by atoms with Crippen LogP contribution in [0.15, 0.2) is 48.5 Å². The van der Waals surface area contributed by atoms with Gasteiger partial charge in [0.15, 0.2) is 0 Å². The van der Waals surface area contributed by atoms with Gasteiger partial charge in [-0.15, -0.1) is 0 Å². The number of carbonyl (C=O) groups excluding carboxylic acids is 2. The average molecular weight is 351 g/mol. The first-order chi connectivity index (χ1) is 12.5. The van der Waals surface area contributed by atoms with Crippen molar-refractivity contribution in [2.24, 2.45) is 0 Å².